The summed E-state index contributed by atoms with van der Waals surface area (Å²) in [6.07, 6.45) is 1.63. The first kappa shape index (κ1) is 16.9. The van der Waals surface area contributed by atoms with Gasteiger partial charge in [0, 0.05) is 17.3 Å². The molecule has 3 aliphatic carbocycles. The molecule has 2 spiro atoms. The van der Waals surface area contributed by atoms with Crippen LogP contribution in [0.15, 0.2) is 12.2 Å². The summed E-state index contributed by atoms with van der Waals surface area (Å²) in [5, 5.41) is 21.8. The highest BCUT2D eigenvalue weighted by molar-refractivity contribution is 6.15. The number of ether oxygens (including phenoxy) is 2. The molecule has 2 aliphatic heterocycles. The number of aliphatic hydroxyl groups excluding tert-OH is 2. The van der Waals surface area contributed by atoms with Gasteiger partial charge in [0.2, 0.25) is 0 Å². The highest BCUT2D eigenvalue weighted by Gasteiger charge is 2.75. The zero-order chi connectivity index (χ0) is 18.5. The van der Waals surface area contributed by atoms with E-state index < -0.39 is 35.1 Å². The number of allylic oxidation sites excluding steroid dienone is 1. The van der Waals surface area contributed by atoms with Crippen molar-refractivity contribution in [2.24, 2.45) is 34.0 Å². The Kier molecular flexibility index (Phi) is 3.23. The molecule has 2 heterocycles. The molecular formula is C20H26O6. The van der Waals surface area contributed by atoms with Crippen molar-refractivity contribution >= 4 is 11.8 Å². The molecule has 26 heavy (non-hydrogen) atoms. The molecule has 0 aromatic heterocycles. The smallest absolute Gasteiger partial charge is 0.320 e. The Morgan fingerprint density at radius 1 is 1.15 bits per heavy atom. The van der Waals surface area contributed by atoms with Crippen LogP contribution in [0.25, 0.3) is 0 Å². The van der Waals surface area contributed by atoms with Crippen molar-refractivity contribution in [3.8, 4) is 0 Å². The van der Waals surface area contributed by atoms with Crippen molar-refractivity contribution < 1.29 is 29.3 Å². The average molecular weight is 362 g/mol. The second-order valence-electron chi connectivity index (χ2n) is 9.50. The fourth-order valence-electron chi connectivity index (χ4n) is 7.42. The number of carbonyl (C=O) groups is 2. The first-order valence-corrected chi connectivity index (χ1v) is 9.65. The van der Waals surface area contributed by atoms with Gasteiger partial charge in [0.1, 0.15) is 5.41 Å². The van der Waals surface area contributed by atoms with Crippen molar-refractivity contribution in [1.82, 2.24) is 0 Å². The fraction of sp³-hybridized carbons (Fsp3) is 0.800. The van der Waals surface area contributed by atoms with Crippen LogP contribution in [0.1, 0.15) is 39.0 Å². The maximum atomic E-state index is 13.2. The normalized spacial score (nSPS) is 55.7. The standard InChI is InChI=1S/C20H26O6/c1-10-11-6-12(21)13-19(9-26-17(24)20(13,7-11)15(10)22)5-3-4-18(2)8-25-16(23)14(18)19/h11-14,16,21,23H,1,3-9H2,2H3/t11-,12-,13+,14-,16+,18+,19+,20+/m1/s1. The lowest BCUT2D eigenvalue weighted by molar-refractivity contribution is -0.241. The number of Topliss-reactive ketones (excluding diaryl/α,β-unsaturated/α-hetero) is 1. The summed E-state index contributed by atoms with van der Waals surface area (Å²) in [6, 6.07) is 0. The number of ketones is 1. The van der Waals surface area contributed by atoms with Crippen molar-refractivity contribution in [1.29, 1.82) is 0 Å². The number of rotatable bonds is 0. The highest BCUT2D eigenvalue weighted by atomic mass is 16.6. The van der Waals surface area contributed by atoms with Crippen LogP contribution < -0.4 is 0 Å². The molecule has 3 saturated carbocycles. The number of aliphatic hydroxyl groups is 2. The molecule has 8 atom stereocenters. The van der Waals surface area contributed by atoms with Crippen LogP contribution in [0.3, 0.4) is 0 Å². The van der Waals surface area contributed by atoms with Crippen LogP contribution in [0.4, 0.5) is 0 Å². The van der Waals surface area contributed by atoms with Crippen molar-refractivity contribution in [2.45, 2.75) is 51.4 Å². The monoisotopic (exact) mass is 362 g/mol. The molecule has 2 N–H and O–H groups in total. The minimum atomic E-state index is -1.34. The topological polar surface area (TPSA) is 93.1 Å². The largest absolute Gasteiger partial charge is 0.464 e. The second kappa shape index (κ2) is 4.97. The quantitative estimate of drug-likeness (QED) is 0.382. The Bertz CT molecular complexity index is 713. The first-order valence-electron chi connectivity index (χ1n) is 9.65. The van der Waals surface area contributed by atoms with Gasteiger partial charge in [-0.05, 0) is 42.6 Å². The van der Waals surface area contributed by atoms with E-state index in [9.17, 15) is 19.8 Å². The lowest BCUT2D eigenvalue weighted by atomic mass is 9.44. The number of hydrogen-bond donors (Lipinski definition) is 2. The molecule has 0 unspecified atom stereocenters. The SMILES string of the molecule is C=C1C(=O)[C@]23C[C@H]1C[C@@H](O)[C@H]2[C@]1(CCC[C@@]2(C)CO[C@H](O)[C@H]21)COC3=O. The Hall–Kier alpha value is -1.24. The zero-order valence-corrected chi connectivity index (χ0v) is 15.1. The molecule has 0 aromatic rings. The number of hydrogen-bond acceptors (Lipinski definition) is 6. The van der Waals surface area contributed by atoms with Gasteiger partial charge in [-0.25, -0.2) is 0 Å². The van der Waals surface area contributed by atoms with Gasteiger partial charge < -0.3 is 19.7 Å². The van der Waals surface area contributed by atoms with Crippen molar-refractivity contribution in [3.05, 3.63) is 12.2 Å². The van der Waals surface area contributed by atoms with Crippen LogP contribution in [-0.4, -0.2) is 47.6 Å². The minimum Gasteiger partial charge on any atom is -0.464 e. The Balaban J connectivity index is 1.70. The van der Waals surface area contributed by atoms with E-state index in [1.54, 1.807) is 0 Å². The lowest BCUT2D eigenvalue weighted by Gasteiger charge is -2.61. The summed E-state index contributed by atoms with van der Waals surface area (Å²) in [5.74, 6) is -1.72. The average Bonchev–Trinajstić information content (AvgIpc) is 3.01. The van der Waals surface area contributed by atoms with E-state index in [-0.39, 0.29) is 29.6 Å². The molecule has 5 rings (SSSR count). The van der Waals surface area contributed by atoms with Crippen molar-refractivity contribution in [2.75, 3.05) is 13.2 Å². The molecule has 5 fully saturated rings. The second-order valence-corrected chi connectivity index (χ2v) is 9.50. The number of esters is 1. The van der Waals surface area contributed by atoms with Gasteiger partial charge in [-0.3, -0.25) is 9.59 Å². The van der Waals surface area contributed by atoms with E-state index >= 15 is 0 Å². The Morgan fingerprint density at radius 2 is 1.92 bits per heavy atom. The van der Waals surface area contributed by atoms with Gasteiger partial charge >= 0.3 is 5.97 Å². The third kappa shape index (κ3) is 1.69. The maximum Gasteiger partial charge on any atom is 0.320 e. The van der Waals surface area contributed by atoms with Gasteiger partial charge in [-0.15, -0.1) is 0 Å². The zero-order valence-electron chi connectivity index (χ0n) is 15.1. The fourth-order valence-corrected chi connectivity index (χ4v) is 7.42. The molecule has 0 aromatic carbocycles. The van der Waals surface area contributed by atoms with E-state index in [1.165, 1.54) is 0 Å². The first-order chi connectivity index (χ1) is 12.3. The Morgan fingerprint density at radius 3 is 2.69 bits per heavy atom. The molecule has 6 heteroatoms. The molecular weight excluding hydrogens is 336 g/mol. The summed E-state index contributed by atoms with van der Waals surface area (Å²) in [7, 11) is 0. The van der Waals surface area contributed by atoms with Crippen LogP contribution in [0.2, 0.25) is 0 Å². The van der Waals surface area contributed by atoms with Crippen LogP contribution >= 0.6 is 0 Å². The molecule has 0 amide bonds. The van der Waals surface area contributed by atoms with Crippen LogP contribution in [0.5, 0.6) is 0 Å². The maximum absolute atomic E-state index is 13.2. The van der Waals surface area contributed by atoms with E-state index in [2.05, 4.69) is 13.5 Å². The number of carbonyl (C=O) groups excluding carboxylic acids is 2. The van der Waals surface area contributed by atoms with Gasteiger partial charge in [0.25, 0.3) is 0 Å². The minimum absolute atomic E-state index is 0.139. The third-order valence-corrected chi connectivity index (χ3v) is 8.28. The third-order valence-electron chi connectivity index (χ3n) is 8.28. The molecule has 0 radical (unpaired) electrons. The summed E-state index contributed by atoms with van der Waals surface area (Å²) in [6.45, 7) is 6.61. The predicted octanol–water partition coefficient (Wildman–Crippen LogP) is 1.20. The number of cyclic esters (lactones) is 1. The predicted molar refractivity (Wildman–Crippen MR) is 89.6 cm³/mol. The molecule has 5 aliphatic rings. The molecule has 142 valence electrons. The van der Waals surface area contributed by atoms with Gasteiger partial charge in [-0.2, -0.15) is 0 Å². The molecule has 2 bridgehead atoms. The number of fused-ring (bicyclic) bond motifs is 4. The van der Waals surface area contributed by atoms with Crippen LogP contribution in [-0.2, 0) is 19.1 Å². The van der Waals surface area contributed by atoms with Gasteiger partial charge in [-0.1, -0.05) is 19.9 Å². The lowest BCUT2D eigenvalue weighted by Crippen LogP contribution is -2.67. The Labute approximate surface area is 152 Å². The highest BCUT2D eigenvalue weighted by Crippen LogP contribution is 2.69. The van der Waals surface area contributed by atoms with E-state index in [0.717, 1.165) is 19.3 Å². The summed E-state index contributed by atoms with van der Waals surface area (Å²) >= 11 is 0. The van der Waals surface area contributed by atoms with Gasteiger partial charge in [0.15, 0.2) is 12.1 Å². The molecule has 2 saturated heterocycles. The summed E-state index contributed by atoms with van der Waals surface area (Å²) in [5.41, 5.74) is -1.76. The van der Waals surface area contributed by atoms with Crippen molar-refractivity contribution in [3.63, 3.8) is 0 Å². The van der Waals surface area contributed by atoms with E-state index in [0.29, 0.717) is 25.0 Å². The summed E-state index contributed by atoms with van der Waals surface area (Å²) in [4.78, 5) is 26.1. The van der Waals surface area contributed by atoms with Gasteiger partial charge in [0.05, 0.1) is 19.3 Å². The molecule has 6 nitrogen and oxygen atoms in total. The van der Waals surface area contributed by atoms with Crippen LogP contribution in [0, 0.1) is 34.0 Å². The van der Waals surface area contributed by atoms with E-state index in [4.69, 9.17) is 9.47 Å². The summed E-state index contributed by atoms with van der Waals surface area (Å²) < 4.78 is 11.3. The van der Waals surface area contributed by atoms with E-state index in [1.807, 2.05) is 0 Å².